The molecule has 2 heterocycles. The third-order valence-electron chi connectivity index (χ3n) is 6.57. The Hall–Kier alpha value is -4.02. The minimum absolute atomic E-state index is 0.00779. The van der Waals surface area contributed by atoms with Crippen molar-refractivity contribution in [1.29, 1.82) is 0 Å². The SMILES string of the molecule is C=CC(=O)Nc1cccc(Nc2nc(Nc3ccc(OCCCN4CCN(CC)CC4)cc3C)ncc2F)c1. The van der Waals surface area contributed by atoms with E-state index >= 15 is 0 Å². The number of hydrogen-bond acceptors (Lipinski definition) is 8. The first-order valence-electron chi connectivity index (χ1n) is 13.2. The molecule has 1 aliphatic rings. The topological polar surface area (TPSA) is 94.6 Å². The standard InChI is InChI=1S/C29H36FN7O2/c1-4-27(38)32-22-8-6-9-23(19-22)33-28-25(30)20-31-29(35-28)34-26-11-10-24(18-21(26)3)39-17-7-12-37-15-13-36(5-2)14-16-37/h4,6,8-11,18-20H,1,5,7,12-17H2,2-3H3,(H,32,38)(H2,31,33,34,35). The van der Waals surface area contributed by atoms with Crippen molar-refractivity contribution in [2.75, 3.05) is 61.8 Å². The van der Waals surface area contributed by atoms with Gasteiger partial charge in [-0.05, 0) is 67.9 Å². The number of rotatable bonds is 12. The van der Waals surface area contributed by atoms with Crippen LogP contribution in [-0.4, -0.2) is 71.6 Å². The Morgan fingerprint density at radius 3 is 2.62 bits per heavy atom. The van der Waals surface area contributed by atoms with E-state index in [1.807, 2.05) is 25.1 Å². The zero-order valence-electron chi connectivity index (χ0n) is 22.5. The molecule has 0 bridgehead atoms. The monoisotopic (exact) mass is 533 g/mol. The van der Waals surface area contributed by atoms with Gasteiger partial charge in [0, 0.05) is 49.8 Å². The second-order valence-electron chi connectivity index (χ2n) is 9.37. The van der Waals surface area contributed by atoms with Crippen molar-refractivity contribution in [3.63, 3.8) is 0 Å². The molecule has 2 aromatic carbocycles. The lowest BCUT2D eigenvalue weighted by Crippen LogP contribution is -2.46. The Kier molecular flexibility index (Phi) is 9.82. The molecule has 0 spiro atoms. The van der Waals surface area contributed by atoms with E-state index in [1.54, 1.807) is 24.3 Å². The van der Waals surface area contributed by atoms with Gasteiger partial charge in [-0.3, -0.25) is 4.79 Å². The van der Waals surface area contributed by atoms with Crippen LogP contribution < -0.4 is 20.7 Å². The first kappa shape index (κ1) is 28.0. The number of halogens is 1. The number of likely N-dealkylation sites (N-methyl/N-ethyl adjacent to an activating group) is 1. The van der Waals surface area contributed by atoms with Crippen LogP contribution in [-0.2, 0) is 4.79 Å². The lowest BCUT2D eigenvalue weighted by atomic mass is 10.2. The average Bonchev–Trinajstić information content (AvgIpc) is 2.94. The zero-order valence-corrected chi connectivity index (χ0v) is 22.5. The molecule has 3 aromatic rings. The Labute approximate surface area is 229 Å². The fourth-order valence-corrected chi connectivity index (χ4v) is 4.31. The number of hydrogen-bond donors (Lipinski definition) is 3. The van der Waals surface area contributed by atoms with Gasteiger partial charge in [-0.2, -0.15) is 4.98 Å². The summed E-state index contributed by atoms with van der Waals surface area (Å²) < 4.78 is 20.5. The van der Waals surface area contributed by atoms with Gasteiger partial charge in [0.1, 0.15) is 5.75 Å². The quantitative estimate of drug-likeness (QED) is 0.223. The fourth-order valence-electron chi connectivity index (χ4n) is 4.31. The summed E-state index contributed by atoms with van der Waals surface area (Å²) in [5, 5.41) is 8.77. The first-order chi connectivity index (χ1) is 18.9. The number of aryl methyl sites for hydroxylation is 1. The summed E-state index contributed by atoms with van der Waals surface area (Å²) in [5.41, 5.74) is 2.85. The third kappa shape index (κ3) is 8.23. The van der Waals surface area contributed by atoms with E-state index in [2.05, 4.69) is 49.2 Å². The Bertz CT molecular complexity index is 1280. The lowest BCUT2D eigenvalue weighted by Gasteiger charge is -2.33. The first-order valence-corrected chi connectivity index (χ1v) is 13.2. The van der Waals surface area contributed by atoms with Crippen molar-refractivity contribution in [2.24, 2.45) is 0 Å². The van der Waals surface area contributed by atoms with Crippen LogP contribution >= 0.6 is 0 Å². The van der Waals surface area contributed by atoms with Crippen molar-refractivity contribution < 1.29 is 13.9 Å². The van der Waals surface area contributed by atoms with Gasteiger partial charge in [0.2, 0.25) is 11.9 Å². The van der Waals surface area contributed by atoms with Crippen molar-refractivity contribution in [3.05, 3.63) is 72.7 Å². The number of anilines is 5. The molecule has 1 aromatic heterocycles. The van der Waals surface area contributed by atoms with E-state index in [-0.39, 0.29) is 17.7 Å². The molecule has 0 radical (unpaired) electrons. The number of ether oxygens (including phenoxy) is 1. The van der Waals surface area contributed by atoms with Gasteiger partial charge in [0.15, 0.2) is 11.6 Å². The number of aromatic nitrogens is 2. The van der Waals surface area contributed by atoms with E-state index in [4.69, 9.17) is 4.74 Å². The molecule has 10 heteroatoms. The number of carbonyl (C=O) groups is 1. The zero-order chi connectivity index (χ0) is 27.6. The number of carbonyl (C=O) groups excluding carboxylic acids is 1. The van der Waals surface area contributed by atoms with Crippen molar-refractivity contribution in [3.8, 4) is 5.75 Å². The molecular formula is C29H36FN7O2. The summed E-state index contributed by atoms with van der Waals surface area (Å²) in [6.07, 6.45) is 3.27. The number of piperazine rings is 1. The van der Waals surface area contributed by atoms with Crippen molar-refractivity contribution in [2.45, 2.75) is 20.3 Å². The average molecular weight is 534 g/mol. The fraction of sp³-hybridized carbons (Fsp3) is 0.345. The molecule has 1 saturated heterocycles. The largest absolute Gasteiger partial charge is 0.494 e. The molecule has 9 nitrogen and oxygen atoms in total. The second kappa shape index (κ2) is 13.7. The van der Waals surface area contributed by atoms with Crippen LogP contribution in [0, 0.1) is 12.7 Å². The van der Waals surface area contributed by atoms with E-state index in [1.165, 1.54) is 6.08 Å². The predicted octanol–water partition coefficient (Wildman–Crippen LogP) is 4.94. The smallest absolute Gasteiger partial charge is 0.247 e. The van der Waals surface area contributed by atoms with Gasteiger partial charge in [0.25, 0.3) is 0 Å². The Morgan fingerprint density at radius 1 is 1.10 bits per heavy atom. The molecule has 0 aliphatic carbocycles. The van der Waals surface area contributed by atoms with Gasteiger partial charge in [-0.1, -0.05) is 19.6 Å². The summed E-state index contributed by atoms with van der Waals surface area (Å²) in [5.74, 6) is 0.122. The lowest BCUT2D eigenvalue weighted by molar-refractivity contribution is -0.111. The summed E-state index contributed by atoms with van der Waals surface area (Å²) in [6, 6.07) is 12.6. The molecule has 0 unspecified atom stereocenters. The number of benzene rings is 2. The minimum atomic E-state index is -0.603. The highest BCUT2D eigenvalue weighted by molar-refractivity contribution is 5.99. The van der Waals surface area contributed by atoms with Gasteiger partial charge in [0.05, 0.1) is 12.8 Å². The van der Waals surface area contributed by atoms with Crippen LogP contribution in [0.1, 0.15) is 18.9 Å². The van der Waals surface area contributed by atoms with Gasteiger partial charge >= 0.3 is 0 Å². The molecule has 1 amide bonds. The Balaban J connectivity index is 1.31. The highest BCUT2D eigenvalue weighted by Gasteiger charge is 2.15. The summed E-state index contributed by atoms with van der Waals surface area (Å²) >= 11 is 0. The molecule has 1 fully saturated rings. The van der Waals surface area contributed by atoms with E-state index in [9.17, 15) is 9.18 Å². The normalized spacial score (nSPS) is 14.0. The van der Waals surface area contributed by atoms with E-state index in [0.717, 1.165) is 68.9 Å². The van der Waals surface area contributed by atoms with Crippen molar-refractivity contribution in [1.82, 2.24) is 19.8 Å². The third-order valence-corrected chi connectivity index (χ3v) is 6.57. The number of nitrogens with zero attached hydrogens (tertiary/aromatic N) is 4. The number of nitrogens with one attached hydrogen (secondary N) is 3. The van der Waals surface area contributed by atoms with Crippen molar-refractivity contribution >= 4 is 34.7 Å². The number of amides is 1. The summed E-state index contributed by atoms with van der Waals surface area (Å²) in [4.78, 5) is 24.9. The molecule has 0 saturated carbocycles. The van der Waals surface area contributed by atoms with E-state index < -0.39 is 5.82 Å². The maximum Gasteiger partial charge on any atom is 0.247 e. The van der Waals surface area contributed by atoms with Crippen LogP contribution in [0.2, 0.25) is 0 Å². The predicted molar refractivity (Wildman–Crippen MR) is 154 cm³/mol. The minimum Gasteiger partial charge on any atom is -0.494 e. The van der Waals surface area contributed by atoms with Gasteiger partial charge < -0.3 is 30.5 Å². The van der Waals surface area contributed by atoms with Gasteiger partial charge in [-0.15, -0.1) is 0 Å². The van der Waals surface area contributed by atoms with E-state index in [0.29, 0.717) is 18.0 Å². The highest BCUT2D eigenvalue weighted by atomic mass is 19.1. The molecule has 39 heavy (non-hydrogen) atoms. The van der Waals surface area contributed by atoms with Crippen LogP contribution in [0.15, 0.2) is 61.3 Å². The maximum absolute atomic E-state index is 14.5. The van der Waals surface area contributed by atoms with Crippen LogP contribution in [0.3, 0.4) is 0 Å². The van der Waals surface area contributed by atoms with Crippen LogP contribution in [0.25, 0.3) is 0 Å². The van der Waals surface area contributed by atoms with Crippen LogP contribution in [0.4, 0.5) is 33.2 Å². The Morgan fingerprint density at radius 2 is 1.87 bits per heavy atom. The molecule has 1 aliphatic heterocycles. The maximum atomic E-state index is 14.5. The molecule has 4 rings (SSSR count). The van der Waals surface area contributed by atoms with Crippen LogP contribution in [0.5, 0.6) is 5.75 Å². The molecular weight excluding hydrogens is 497 g/mol. The molecule has 0 atom stereocenters. The summed E-state index contributed by atoms with van der Waals surface area (Å²) in [6.45, 7) is 15.0. The van der Waals surface area contributed by atoms with Gasteiger partial charge in [-0.25, -0.2) is 9.37 Å². The highest BCUT2D eigenvalue weighted by Crippen LogP contribution is 2.26. The molecule has 206 valence electrons. The molecule has 3 N–H and O–H groups in total. The summed E-state index contributed by atoms with van der Waals surface area (Å²) in [7, 11) is 0. The second-order valence-corrected chi connectivity index (χ2v) is 9.37.